The van der Waals surface area contributed by atoms with Gasteiger partial charge in [-0.2, -0.15) is 0 Å². The van der Waals surface area contributed by atoms with Gasteiger partial charge in [0.15, 0.2) is 5.82 Å². The molecule has 0 N–H and O–H groups in total. The molecule has 1 fully saturated rings. The third-order valence-electron chi connectivity index (χ3n) is 3.65. The first-order valence-electron chi connectivity index (χ1n) is 6.88. The molecular formula is C14H21ClN2O2. The fourth-order valence-corrected chi connectivity index (χ4v) is 2.68. The zero-order valence-corrected chi connectivity index (χ0v) is 12.6. The smallest absolute Gasteiger partial charge is 0.162 e. The average Bonchev–Trinajstić information content (AvgIpc) is 2.43. The fourth-order valence-electron chi connectivity index (χ4n) is 2.49. The van der Waals surface area contributed by atoms with Gasteiger partial charge in [0, 0.05) is 43.9 Å². The Morgan fingerprint density at radius 2 is 1.95 bits per heavy atom. The van der Waals surface area contributed by atoms with Gasteiger partial charge in [0.05, 0.1) is 0 Å². The summed E-state index contributed by atoms with van der Waals surface area (Å²) in [5.41, 5.74) is 1.53. The van der Waals surface area contributed by atoms with Crippen molar-refractivity contribution in [3.8, 4) is 0 Å². The van der Waals surface area contributed by atoms with Crippen LogP contribution in [0.4, 0.5) is 0 Å². The third kappa shape index (κ3) is 2.91. The number of hydrogen-bond donors (Lipinski definition) is 0. The molecule has 0 radical (unpaired) electrons. The molecule has 0 atom stereocenters. The lowest BCUT2D eigenvalue weighted by molar-refractivity contribution is -0.118. The highest BCUT2D eigenvalue weighted by atomic mass is 35.5. The van der Waals surface area contributed by atoms with Crippen LogP contribution in [0.1, 0.15) is 43.8 Å². The van der Waals surface area contributed by atoms with Gasteiger partial charge in [-0.3, -0.25) is 0 Å². The van der Waals surface area contributed by atoms with Crippen molar-refractivity contribution < 1.29 is 9.47 Å². The summed E-state index contributed by atoms with van der Waals surface area (Å²) in [6.07, 6.45) is 2.41. The number of rotatable bonds is 4. The lowest BCUT2D eigenvalue weighted by atomic mass is 9.92. The van der Waals surface area contributed by atoms with Gasteiger partial charge in [-0.05, 0) is 20.3 Å². The van der Waals surface area contributed by atoms with Crippen LogP contribution in [0, 0.1) is 6.92 Å². The molecule has 2 rings (SSSR count). The van der Waals surface area contributed by atoms with E-state index >= 15 is 0 Å². The lowest BCUT2D eigenvalue weighted by Crippen LogP contribution is -2.38. The SMILES string of the molecule is CCOC1(c2nc(Cl)c(C)c(CC)n2)CCOCC1. The van der Waals surface area contributed by atoms with Crippen LogP contribution in [0.3, 0.4) is 0 Å². The Kier molecular flexibility index (Phi) is 4.76. The maximum atomic E-state index is 6.24. The van der Waals surface area contributed by atoms with E-state index in [1.165, 1.54) is 0 Å². The van der Waals surface area contributed by atoms with Crippen LogP contribution in [0.2, 0.25) is 5.15 Å². The Morgan fingerprint density at radius 3 is 2.53 bits per heavy atom. The van der Waals surface area contributed by atoms with Gasteiger partial charge in [0.1, 0.15) is 10.8 Å². The molecular weight excluding hydrogens is 264 g/mol. The molecule has 0 aromatic carbocycles. The van der Waals surface area contributed by atoms with Crippen LogP contribution in [0.5, 0.6) is 0 Å². The predicted molar refractivity (Wildman–Crippen MR) is 74.5 cm³/mol. The summed E-state index contributed by atoms with van der Waals surface area (Å²) in [5, 5.41) is 0.535. The van der Waals surface area contributed by atoms with E-state index in [0.717, 1.165) is 30.5 Å². The highest BCUT2D eigenvalue weighted by molar-refractivity contribution is 6.30. The largest absolute Gasteiger partial charge is 0.381 e. The highest BCUT2D eigenvalue weighted by Gasteiger charge is 2.38. The van der Waals surface area contributed by atoms with Crippen molar-refractivity contribution in [3.63, 3.8) is 0 Å². The fraction of sp³-hybridized carbons (Fsp3) is 0.714. The van der Waals surface area contributed by atoms with Crippen LogP contribution in [-0.4, -0.2) is 29.8 Å². The van der Waals surface area contributed by atoms with Crippen LogP contribution < -0.4 is 0 Å². The number of hydrogen-bond acceptors (Lipinski definition) is 4. The molecule has 1 aromatic rings. The lowest BCUT2D eigenvalue weighted by Gasteiger charge is -2.35. The van der Waals surface area contributed by atoms with Gasteiger partial charge in [0.2, 0.25) is 0 Å². The van der Waals surface area contributed by atoms with E-state index in [1.54, 1.807) is 0 Å². The van der Waals surface area contributed by atoms with Crippen molar-refractivity contribution in [2.45, 2.75) is 45.6 Å². The molecule has 2 heterocycles. The quantitative estimate of drug-likeness (QED) is 0.797. The van der Waals surface area contributed by atoms with E-state index < -0.39 is 5.60 Å². The van der Waals surface area contributed by atoms with Crippen molar-refractivity contribution in [1.29, 1.82) is 0 Å². The minimum atomic E-state index is -0.436. The summed E-state index contributed by atoms with van der Waals surface area (Å²) in [5.74, 6) is 0.713. The van der Waals surface area contributed by atoms with Crippen LogP contribution >= 0.6 is 11.6 Å². The zero-order chi connectivity index (χ0) is 13.9. The second-order valence-corrected chi connectivity index (χ2v) is 5.16. The van der Waals surface area contributed by atoms with Crippen LogP contribution in [-0.2, 0) is 21.5 Å². The Morgan fingerprint density at radius 1 is 1.26 bits per heavy atom. The summed E-state index contributed by atoms with van der Waals surface area (Å²) < 4.78 is 11.4. The van der Waals surface area contributed by atoms with Gasteiger partial charge in [-0.25, -0.2) is 9.97 Å². The summed E-state index contributed by atoms with van der Waals surface area (Å²) in [6.45, 7) is 8.02. The molecule has 19 heavy (non-hydrogen) atoms. The molecule has 106 valence electrons. The number of nitrogens with zero attached hydrogens (tertiary/aromatic N) is 2. The predicted octanol–water partition coefficient (Wildman–Crippen LogP) is 3.04. The summed E-state index contributed by atoms with van der Waals surface area (Å²) in [4.78, 5) is 9.16. The van der Waals surface area contributed by atoms with E-state index in [2.05, 4.69) is 16.9 Å². The zero-order valence-electron chi connectivity index (χ0n) is 11.8. The molecule has 0 unspecified atom stereocenters. The Hall–Kier alpha value is -0.710. The van der Waals surface area contributed by atoms with Gasteiger partial charge in [-0.1, -0.05) is 18.5 Å². The molecule has 1 aromatic heterocycles. The van der Waals surface area contributed by atoms with Gasteiger partial charge in [0.25, 0.3) is 0 Å². The minimum absolute atomic E-state index is 0.436. The number of aromatic nitrogens is 2. The Labute approximate surface area is 119 Å². The first-order chi connectivity index (χ1) is 9.13. The van der Waals surface area contributed by atoms with E-state index in [-0.39, 0.29) is 0 Å². The molecule has 1 aliphatic heterocycles. The monoisotopic (exact) mass is 284 g/mol. The summed E-state index contributed by atoms with van der Waals surface area (Å²) in [6, 6.07) is 0. The van der Waals surface area contributed by atoms with E-state index in [1.807, 2.05) is 13.8 Å². The molecule has 0 spiro atoms. The maximum absolute atomic E-state index is 6.24. The summed E-state index contributed by atoms with van der Waals surface area (Å²) >= 11 is 6.24. The molecule has 0 saturated carbocycles. The van der Waals surface area contributed by atoms with Gasteiger partial charge >= 0.3 is 0 Å². The standard InChI is InChI=1S/C14H21ClN2O2/c1-4-11-10(3)12(15)17-13(16-11)14(19-5-2)6-8-18-9-7-14/h4-9H2,1-3H3. The summed E-state index contributed by atoms with van der Waals surface area (Å²) in [7, 11) is 0. The molecule has 0 aliphatic carbocycles. The first-order valence-corrected chi connectivity index (χ1v) is 7.26. The van der Waals surface area contributed by atoms with Crippen molar-refractivity contribution in [2.75, 3.05) is 19.8 Å². The van der Waals surface area contributed by atoms with E-state index in [0.29, 0.717) is 30.8 Å². The normalized spacial score (nSPS) is 18.5. The van der Waals surface area contributed by atoms with Crippen molar-refractivity contribution in [3.05, 3.63) is 22.2 Å². The van der Waals surface area contributed by atoms with Crippen molar-refractivity contribution in [2.24, 2.45) is 0 Å². The Bertz CT molecular complexity index is 440. The molecule has 0 amide bonds. The van der Waals surface area contributed by atoms with E-state index in [9.17, 15) is 0 Å². The van der Waals surface area contributed by atoms with Crippen molar-refractivity contribution in [1.82, 2.24) is 9.97 Å². The van der Waals surface area contributed by atoms with E-state index in [4.69, 9.17) is 21.1 Å². The molecule has 1 saturated heterocycles. The van der Waals surface area contributed by atoms with Gasteiger partial charge in [-0.15, -0.1) is 0 Å². The molecule has 5 heteroatoms. The second-order valence-electron chi connectivity index (χ2n) is 4.80. The number of ether oxygens (including phenoxy) is 2. The minimum Gasteiger partial charge on any atom is -0.381 e. The Balaban J connectivity index is 2.44. The maximum Gasteiger partial charge on any atom is 0.162 e. The number of aryl methyl sites for hydroxylation is 1. The number of halogens is 1. The average molecular weight is 285 g/mol. The van der Waals surface area contributed by atoms with Crippen LogP contribution in [0.25, 0.3) is 0 Å². The van der Waals surface area contributed by atoms with Crippen LogP contribution in [0.15, 0.2) is 0 Å². The molecule has 0 bridgehead atoms. The molecule has 1 aliphatic rings. The second kappa shape index (κ2) is 6.16. The molecule has 4 nitrogen and oxygen atoms in total. The van der Waals surface area contributed by atoms with Gasteiger partial charge < -0.3 is 9.47 Å². The third-order valence-corrected chi connectivity index (χ3v) is 4.02. The highest BCUT2D eigenvalue weighted by Crippen LogP contribution is 2.35. The topological polar surface area (TPSA) is 44.2 Å². The van der Waals surface area contributed by atoms with Crippen molar-refractivity contribution >= 4 is 11.6 Å². The first kappa shape index (κ1) is 14.7.